The Labute approximate surface area is 113 Å². The number of halogens is 1. The van der Waals surface area contributed by atoms with Gasteiger partial charge < -0.3 is 9.84 Å². The quantitative estimate of drug-likeness (QED) is 0.928. The van der Waals surface area contributed by atoms with Gasteiger partial charge in [0.05, 0.1) is 10.4 Å². The Balaban J connectivity index is 2.08. The van der Waals surface area contributed by atoms with Crippen molar-refractivity contribution < 1.29 is 9.84 Å². The van der Waals surface area contributed by atoms with Crippen molar-refractivity contribution in [1.82, 2.24) is 0 Å². The molecule has 0 fully saturated rings. The molecule has 2 nitrogen and oxygen atoms in total. The molecule has 4 heteroatoms. The van der Waals surface area contributed by atoms with Crippen LogP contribution in [0.4, 0.5) is 0 Å². The average molecular weight is 313 g/mol. The fourth-order valence-electron chi connectivity index (χ4n) is 1.55. The molecular weight excluding hydrogens is 300 g/mol. The number of ether oxygens (including phenoxy) is 1. The first-order valence-corrected chi connectivity index (χ1v) is 6.87. The highest BCUT2D eigenvalue weighted by Gasteiger charge is 2.04. The van der Waals surface area contributed by atoms with Gasteiger partial charge in [-0.05, 0) is 41.1 Å². The van der Waals surface area contributed by atoms with E-state index in [-0.39, 0.29) is 6.61 Å². The second kappa shape index (κ2) is 5.67. The van der Waals surface area contributed by atoms with E-state index in [1.807, 2.05) is 37.3 Å². The van der Waals surface area contributed by atoms with E-state index in [4.69, 9.17) is 4.74 Å². The summed E-state index contributed by atoms with van der Waals surface area (Å²) in [5.41, 5.74) is 1.96. The highest BCUT2D eigenvalue weighted by Crippen LogP contribution is 2.25. The van der Waals surface area contributed by atoms with Crippen LogP contribution in [0.15, 0.2) is 34.1 Å². The van der Waals surface area contributed by atoms with E-state index in [1.165, 1.54) is 0 Å². The lowest BCUT2D eigenvalue weighted by atomic mass is 10.1. The molecule has 0 atom stereocenters. The molecule has 90 valence electrons. The number of aliphatic hydroxyl groups is 1. The van der Waals surface area contributed by atoms with Crippen LogP contribution < -0.4 is 4.74 Å². The van der Waals surface area contributed by atoms with E-state index in [2.05, 4.69) is 15.9 Å². The fourth-order valence-corrected chi connectivity index (χ4v) is 2.95. The maximum Gasteiger partial charge on any atom is 0.125 e. The molecule has 2 rings (SSSR count). The maximum atomic E-state index is 9.26. The number of aryl methyl sites for hydroxylation is 1. The molecule has 0 radical (unpaired) electrons. The summed E-state index contributed by atoms with van der Waals surface area (Å²) in [6.07, 6.45) is 0. The lowest BCUT2D eigenvalue weighted by molar-refractivity contribution is 0.260. The molecule has 0 amide bonds. The van der Waals surface area contributed by atoms with Crippen LogP contribution >= 0.6 is 27.3 Å². The largest absolute Gasteiger partial charge is 0.488 e. The summed E-state index contributed by atoms with van der Waals surface area (Å²) in [5.74, 6) is 0.752. The lowest BCUT2D eigenvalue weighted by Crippen LogP contribution is -1.97. The number of thiophene rings is 1. The van der Waals surface area contributed by atoms with E-state index in [0.717, 1.165) is 25.5 Å². The Kier molecular flexibility index (Phi) is 4.20. The SMILES string of the molecule is Cc1ccc(OCc2ccc(Br)s2)c(CO)c1. The smallest absolute Gasteiger partial charge is 0.125 e. The zero-order chi connectivity index (χ0) is 12.3. The summed E-state index contributed by atoms with van der Waals surface area (Å²) >= 11 is 5.07. The Hall–Kier alpha value is -0.840. The molecule has 0 aliphatic rings. The van der Waals surface area contributed by atoms with Gasteiger partial charge in [-0.25, -0.2) is 0 Å². The van der Waals surface area contributed by atoms with E-state index >= 15 is 0 Å². The van der Waals surface area contributed by atoms with Gasteiger partial charge in [-0.3, -0.25) is 0 Å². The lowest BCUT2D eigenvalue weighted by Gasteiger charge is -2.09. The van der Waals surface area contributed by atoms with E-state index in [1.54, 1.807) is 11.3 Å². The van der Waals surface area contributed by atoms with Gasteiger partial charge in [0.15, 0.2) is 0 Å². The van der Waals surface area contributed by atoms with Crippen molar-refractivity contribution in [2.45, 2.75) is 20.1 Å². The minimum absolute atomic E-state index is 0.00511. The van der Waals surface area contributed by atoms with Gasteiger partial charge in [-0.15, -0.1) is 11.3 Å². The van der Waals surface area contributed by atoms with Gasteiger partial charge in [0, 0.05) is 10.4 Å². The van der Waals surface area contributed by atoms with Crippen LogP contribution in [0.2, 0.25) is 0 Å². The van der Waals surface area contributed by atoms with Gasteiger partial charge in [0.1, 0.15) is 12.4 Å². The molecule has 0 spiro atoms. The Morgan fingerprint density at radius 2 is 2.12 bits per heavy atom. The topological polar surface area (TPSA) is 29.5 Å². The van der Waals surface area contributed by atoms with Gasteiger partial charge in [-0.2, -0.15) is 0 Å². The molecule has 0 saturated heterocycles. The van der Waals surface area contributed by atoms with E-state index < -0.39 is 0 Å². The number of aliphatic hydroxyl groups excluding tert-OH is 1. The second-order valence-electron chi connectivity index (χ2n) is 3.76. The van der Waals surface area contributed by atoms with E-state index in [9.17, 15) is 5.11 Å². The molecule has 1 aromatic heterocycles. The molecule has 17 heavy (non-hydrogen) atoms. The third-order valence-corrected chi connectivity index (χ3v) is 3.98. The molecule has 2 aromatic rings. The van der Waals surface area contributed by atoms with Crippen molar-refractivity contribution in [1.29, 1.82) is 0 Å². The van der Waals surface area contributed by atoms with Gasteiger partial charge in [0.2, 0.25) is 0 Å². The van der Waals surface area contributed by atoms with Crippen molar-refractivity contribution in [3.05, 3.63) is 50.1 Å². The normalized spacial score (nSPS) is 10.5. The van der Waals surface area contributed by atoms with Crippen molar-refractivity contribution in [2.75, 3.05) is 0 Å². The maximum absolute atomic E-state index is 9.26. The van der Waals surface area contributed by atoms with Crippen molar-refractivity contribution in [3.63, 3.8) is 0 Å². The fraction of sp³-hybridized carbons (Fsp3) is 0.231. The number of hydrogen-bond donors (Lipinski definition) is 1. The van der Waals surface area contributed by atoms with Crippen molar-refractivity contribution >= 4 is 27.3 Å². The first-order valence-electron chi connectivity index (χ1n) is 5.26. The zero-order valence-electron chi connectivity index (χ0n) is 9.44. The Bertz CT molecular complexity index is 508. The molecule has 0 aliphatic carbocycles. The standard InChI is InChI=1S/C13H13BrO2S/c1-9-2-4-12(10(6-9)7-15)16-8-11-3-5-13(14)17-11/h2-6,15H,7-8H2,1H3. The van der Waals surface area contributed by atoms with Crippen LogP contribution in [-0.2, 0) is 13.2 Å². The minimum atomic E-state index is 0.00511. The molecule has 1 aromatic carbocycles. The zero-order valence-corrected chi connectivity index (χ0v) is 11.8. The number of benzene rings is 1. The van der Waals surface area contributed by atoms with Crippen LogP contribution in [0.25, 0.3) is 0 Å². The highest BCUT2D eigenvalue weighted by atomic mass is 79.9. The summed E-state index contributed by atoms with van der Waals surface area (Å²) in [7, 11) is 0. The van der Waals surface area contributed by atoms with Crippen LogP contribution in [0.3, 0.4) is 0 Å². The molecular formula is C13H13BrO2S. The van der Waals surface area contributed by atoms with Gasteiger partial charge in [-0.1, -0.05) is 17.7 Å². The molecule has 1 heterocycles. The van der Waals surface area contributed by atoms with Crippen LogP contribution in [-0.4, -0.2) is 5.11 Å². The molecule has 0 unspecified atom stereocenters. The monoisotopic (exact) mass is 312 g/mol. The Morgan fingerprint density at radius 3 is 2.76 bits per heavy atom. The molecule has 0 aliphatic heterocycles. The Morgan fingerprint density at radius 1 is 1.29 bits per heavy atom. The molecule has 0 saturated carbocycles. The first kappa shape index (κ1) is 12.6. The second-order valence-corrected chi connectivity index (χ2v) is 6.31. The van der Waals surface area contributed by atoms with Crippen molar-refractivity contribution in [3.8, 4) is 5.75 Å². The van der Waals surface area contributed by atoms with Crippen LogP contribution in [0.5, 0.6) is 5.75 Å². The predicted octanol–water partition coefficient (Wildman–Crippen LogP) is 3.89. The van der Waals surface area contributed by atoms with E-state index in [0.29, 0.717) is 6.61 Å². The average Bonchev–Trinajstić information content (AvgIpc) is 2.73. The summed E-state index contributed by atoms with van der Waals surface area (Å²) in [4.78, 5) is 1.15. The van der Waals surface area contributed by atoms with Crippen LogP contribution in [0, 0.1) is 6.92 Å². The summed E-state index contributed by atoms with van der Waals surface area (Å²) in [6, 6.07) is 9.87. The third-order valence-electron chi connectivity index (χ3n) is 2.39. The van der Waals surface area contributed by atoms with Gasteiger partial charge >= 0.3 is 0 Å². The van der Waals surface area contributed by atoms with Gasteiger partial charge in [0.25, 0.3) is 0 Å². The summed E-state index contributed by atoms with van der Waals surface area (Å²) in [6.45, 7) is 2.54. The number of hydrogen-bond acceptors (Lipinski definition) is 3. The summed E-state index contributed by atoms with van der Waals surface area (Å²) in [5, 5.41) is 9.26. The van der Waals surface area contributed by atoms with Crippen molar-refractivity contribution in [2.24, 2.45) is 0 Å². The highest BCUT2D eigenvalue weighted by molar-refractivity contribution is 9.11. The molecule has 1 N–H and O–H groups in total. The minimum Gasteiger partial charge on any atom is -0.488 e. The number of rotatable bonds is 4. The van der Waals surface area contributed by atoms with Crippen LogP contribution in [0.1, 0.15) is 16.0 Å². The summed E-state index contributed by atoms with van der Waals surface area (Å²) < 4.78 is 6.81. The third kappa shape index (κ3) is 3.31. The first-order chi connectivity index (χ1) is 8.19. The predicted molar refractivity (Wildman–Crippen MR) is 73.5 cm³/mol. The molecule has 0 bridgehead atoms.